The Morgan fingerprint density at radius 2 is 2.00 bits per heavy atom. The van der Waals surface area contributed by atoms with Crippen LogP contribution in [0.15, 0.2) is 41.8 Å². The van der Waals surface area contributed by atoms with Gasteiger partial charge < -0.3 is 4.90 Å². The summed E-state index contributed by atoms with van der Waals surface area (Å²) in [5.74, 6) is 0.611. The molecule has 0 radical (unpaired) electrons. The van der Waals surface area contributed by atoms with E-state index in [1.165, 1.54) is 23.7 Å². The molecule has 1 saturated carbocycles. The topological polar surface area (TPSA) is 72.3 Å². The third-order valence-electron chi connectivity index (χ3n) is 6.07. The quantitative estimate of drug-likeness (QED) is 0.633. The standard InChI is InChI=1S/C22H29N3O3S2/c1-17-6-5-9-19(14-17)24-12-11-23-22(24)29-15-21(26)25(18-7-3-2-4-8-18)20-10-13-30(27,28)16-20/h5-6,9,11-12,14,18,20H,2-4,7-8,10,13,15-16H2,1H3. The van der Waals surface area contributed by atoms with Crippen molar-refractivity contribution in [3.05, 3.63) is 42.2 Å². The molecule has 0 spiro atoms. The van der Waals surface area contributed by atoms with Crippen LogP contribution in [0.4, 0.5) is 0 Å². The van der Waals surface area contributed by atoms with Crippen LogP contribution in [-0.2, 0) is 14.6 Å². The van der Waals surface area contributed by atoms with E-state index in [4.69, 9.17) is 0 Å². The molecular formula is C22H29N3O3S2. The Labute approximate surface area is 183 Å². The van der Waals surface area contributed by atoms with Gasteiger partial charge in [-0.1, -0.05) is 43.2 Å². The second-order valence-electron chi connectivity index (χ2n) is 8.36. The van der Waals surface area contributed by atoms with E-state index in [0.717, 1.165) is 36.5 Å². The molecule has 30 heavy (non-hydrogen) atoms. The number of aryl methyl sites for hydroxylation is 1. The number of hydrogen-bond donors (Lipinski definition) is 0. The minimum Gasteiger partial charge on any atom is -0.335 e. The van der Waals surface area contributed by atoms with Gasteiger partial charge in [-0.3, -0.25) is 9.36 Å². The van der Waals surface area contributed by atoms with Crippen molar-refractivity contribution in [1.82, 2.24) is 14.5 Å². The van der Waals surface area contributed by atoms with Crippen LogP contribution in [0.5, 0.6) is 0 Å². The molecule has 2 heterocycles. The lowest BCUT2D eigenvalue weighted by molar-refractivity contribution is -0.133. The number of hydrogen-bond acceptors (Lipinski definition) is 5. The van der Waals surface area contributed by atoms with Crippen LogP contribution in [0, 0.1) is 6.92 Å². The van der Waals surface area contributed by atoms with Crippen LogP contribution in [0.3, 0.4) is 0 Å². The summed E-state index contributed by atoms with van der Waals surface area (Å²) in [6, 6.07) is 8.16. The first kappa shape index (κ1) is 21.4. The number of benzene rings is 1. The molecule has 162 valence electrons. The fraction of sp³-hybridized carbons (Fsp3) is 0.545. The molecule has 0 N–H and O–H groups in total. The number of thioether (sulfide) groups is 1. The highest BCUT2D eigenvalue weighted by Crippen LogP contribution is 2.30. The zero-order chi connectivity index (χ0) is 21.1. The first-order chi connectivity index (χ1) is 14.4. The number of nitrogens with zero attached hydrogens (tertiary/aromatic N) is 3. The van der Waals surface area contributed by atoms with Gasteiger partial charge in [0, 0.05) is 30.2 Å². The van der Waals surface area contributed by atoms with Crippen molar-refractivity contribution >= 4 is 27.5 Å². The van der Waals surface area contributed by atoms with E-state index in [0.29, 0.717) is 6.42 Å². The minimum absolute atomic E-state index is 0.0350. The first-order valence-corrected chi connectivity index (χ1v) is 13.5. The Hall–Kier alpha value is -1.80. The highest BCUT2D eigenvalue weighted by Gasteiger charge is 2.38. The fourth-order valence-corrected chi connectivity index (χ4v) is 7.18. The normalized spacial score (nSPS) is 21.6. The fourth-order valence-electron chi connectivity index (χ4n) is 4.63. The molecule has 2 fully saturated rings. The Kier molecular flexibility index (Phi) is 6.53. The number of rotatable bonds is 6. The van der Waals surface area contributed by atoms with Crippen molar-refractivity contribution in [2.45, 2.75) is 62.7 Å². The summed E-state index contributed by atoms with van der Waals surface area (Å²) >= 11 is 1.42. The molecule has 1 saturated heterocycles. The van der Waals surface area contributed by atoms with Crippen LogP contribution < -0.4 is 0 Å². The SMILES string of the molecule is Cc1cccc(-n2ccnc2SCC(=O)N(C2CCCCC2)C2CCS(=O)(=O)C2)c1. The molecule has 1 unspecified atom stereocenters. The molecule has 1 aromatic heterocycles. The second-order valence-corrected chi connectivity index (χ2v) is 11.5. The van der Waals surface area contributed by atoms with E-state index in [9.17, 15) is 13.2 Å². The van der Waals surface area contributed by atoms with E-state index >= 15 is 0 Å². The number of carbonyl (C=O) groups excluding carboxylic acids is 1. The summed E-state index contributed by atoms with van der Waals surface area (Å²) in [5, 5.41) is 0.775. The second kappa shape index (κ2) is 9.14. The monoisotopic (exact) mass is 447 g/mol. The van der Waals surface area contributed by atoms with Gasteiger partial charge in [-0.05, 0) is 43.9 Å². The lowest BCUT2D eigenvalue weighted by Crippen LogP contribution is -2.49. The van der Waals surface area contributed by atoms with Crippen molar-refractivity contribution in [3.63, 3.8) is 0 Å². The summed E-state index contributed by atoms with van der Waals surface area (Å²) in [4.78, 5) is 19.7. The van der Waals surface area contributed by atoms with Gasteiger partial charge in [0.05, 0.1) is 17.3 Å². The molecule has 0 bridgehead atoms. The van der Waals surface area contributed by atoms with Gasteiger partial charge in [-0.15, -0.1) is 0 Å². The third kappa shape index (κ3) is 4.91. The van der Waals surface area contributed by atoms with Gasteiger partial charge >= 0.3 is 0 Å². The van der Waals surface area contributed by atoms with Crippen molar-refractivity contribution in [2.75, 3.05) is 17.3 Å². The predicted molar refractivity (Wildman–Crippen MR) is 120 cm³/mol. The Morgan fingerprint density at radius 3 is 2.70 bits per heavy atom. The summed E-state index contributed by atoms with van der Waals surface area (Å²) < 4.78 is 26.1. The van der Waals surface area contributed by atoms with Crippen molar-refractivity contribution < 1.29 is 13.2 Å². The Bertz CT molecular complexity index is 997. The smallest absolute Gasteiger partial charge is 0.233 e. The Balaban J connectivity index is 1.49. The minimum atomic E-state index is -3.03. The maximum Gasteiger partial charge on any atom is 0.233 e. The lowest BCUT2D eigenvalue weighted by Gasteiger charge is -2.38. The average molecular weight is 448 g/mol. The maximum absolute atomic E-state index is 13.3. The van der Waals surface area contributed by atoms with Crippen LogP contribution >= 0.6 is 11.8 Å². The van der Waals surface area contributed by atoms with Crippen molar-refractivity contribution in [3.8, 4) is 5.69 Å². The molecule has 6 nitrogen and oxygen atoms in total. The van der Waals surface area contributed by atoms with Gasteiger partial charge in [0.2, 0.25) is 5.91 Å². The van der Waals surface area contributed by atoms with Gasteiger partial charge in [0.25, 0.3) is 0 Å². The molecular weight excluding hydrogens is 418 g/mol. The summed E-state index contributed by atoms with van der Waals surface area (Å²) in [5.41, 5.74) is 2.19. The predicted octanol–water partition coefficient (Wildman–Crippen LogP) is 3.62. The molecule has 1 aliphatic carbocycles. The Morgan fingerprint density at radius 1 is 1.20 bits per heavy atom. The highest BCUT2D eigenvalue weighted by atomic mass is 32.2. The molecule has 1 aromatic carbocycles. The molecule has 4 rings (SSSR count). The largest absolute Gasteiger partial charge is 0.335 e. The van der Waals surface area contributed by atoms with E-state index in [1.54, 1.807) is 6.20 Å². The van der Waals surface area contributed by atoms with E-state index < -0.39 is 9.84 Å². The van der Waals surface area contributed by atoms with Crippen molar-refractivity contribution in [1.29, 1.82) is 0 Å². The van der Waals surface area contributed by atoms with Crippen LogP contribution in [-0.4, -0.2) is 58.1 Å². The molecule has 1 amide bonds. The lowest BCUT2D eigenvalue weighted by atomic mass is 9.93. The average Bonchev–Trinajstić information content (AvgIpc) is 3.33. The number of amides is 1. The summed E-state index contributed by atoms with van der Waals surface area (Å²) in [6.07, 6.45) is 9.59. The van der Waals surface area contributed by atoms with Crippen molar-refractivity contribution in [2.24, 2.45) is 0 Å². The number of carbonyl (C=O) groups is 1. The van der Waals surface area contributed by atoms with Gasteiger partial charge in [0.15, 0.2) is 15.0 Å². The number of imidazole rings is 1. The molecule has 2 aliphatic rings. The van der Waals surface area contributed by atoms with Crippen LogP contribution in [0.1, 0.15) is 44.1 Å². The van der Waals surface area contributed by atoms with E-state index in [-0.39, 0.29) is 35.2 Å². The first-order valence-electron chi connectivity index (χ1n) is 10.7. The van der Waals surface area contributed by atoms with Gasteiger partial charge in [0.1, 0.15) is 0 Å². The molecule has 1 aliphatic heterocycles. The zero-order valence-electron chi connectivity index (χ0n) is 17.4. The van der Waals surface area contributed by atoms with Gasteiger partial charge in [-0.25, -0.2) is 13.4 Å². The number of aromatic nitrogens is 2. The van der Waals surface area contributed by atoms with Crippen LogP contribution in [0.2, 0.25) is 0 Å². The van der Waals surface area contributed by atoms with Gasteiger partial charge in [-0.2, -0.15) is 0 Å². The molecule has 8 heteroatoms. The third-order valence-corrected chi connectivity index (χ3v) is 8.77. The van der Waals surface area contributed by atoms with E-state index in [2.05, 4.69) is 24.0 Å². The number of sulfone groups is 1. The molecule has 2 aromatic rings. The molecule has 1 atom stereocenters. The zero-order valence-corrected chi connectivity index (χ0v) is 19.0. The van der Waals surface area contributed by atoms with E-state index in [1.807, 2.05) is 27.8 Å². The summed E-state index contributed by atoms with van der Waals surface area (Å²) in [6.45, 7) is 2.05. The highest BCUT2D eigenvalue weighted by molar-refractivity contribution is 7.99. The maximum atomic E-state index is 13.3. The summed E-state index contributed by atoms with van der Waals surface area (Å²) in [7, 11) is -3.03. The van der Waals surface area contributed by atoms with Crippen LogP contribution in [0.25, 0.3) is 5.69 Å².